The maximum atomic E-state index is 13.5. The van der Waals surface area contributed by atoms with E-state index in [1.807, 2.05) is 24.3 Å². The first-order valence-corrected chi connectivity index (χ1v) is 7.32. The van der Waals surface area contributed by atoms with E-state index >= 15 is 0 Å². The highest BCUT2D eigenvalue weighted by molar-refractivity contribution is 5.93. The second-order valence-electron chi connectivity index (χ2n) is 5.28. The fourth-order valence-electron chi connectivity index (χ4n) is 2.54. The van der Waals surface area contributed by atoms with Crippen molar-refractivity contribution in [3.05, 3.63) is 60.0 Å². The largest absolute Gasteiger partial charge is 0.494 e. The van der Waals surface area contributed by atoms with Gasteiger partial charge in [0.15, 0.2) is 11.6 Å². The van der Waals surface area contributed by atoms with E-state index in [1.165, 1.54) is 19.2 Å². The second kappa shape index (κ2) is 6.54. The van der Waals surface area contributed by atoms with Crippen LogP contribution < -0.4 is 15.8 Å². The normalized spacial score (nSPS) is 11.9. The van der Waals surface area contributed by atoms with Gasteiger partial charge in [-0.25, -0.2) is 9.37 Å². The molecule has 0 aliphatic rings. The zero-order chi connectivity index (χ0) is 17.1. The number of ether oxygens (including phenoxy) is 1. The molecule has 3 aromatic rings. The Kier molecular flexibility index (Phi) is 4.29. The minimum absolute atomic E-state index is 0.0958. The van der Waals surface area contributed by atoms with Crippen LogP contribution in [0.5, 0.6) is 5.75 Å². The molecule has 0 aliphatic heterocycles. The first-order chi connectivity index (χ1) is 11.6. The molecule has 5 nitrogen and oxygen atoms in total. The number of pyridine rings is 1. The molecular formula is C18H16FN3O2. The van der Waals surface area contributed by atoms with Crippen LogP contribution in [0.25, 0.3) is 10.8 Å². The number of hydrogen-bond donors (Lipinski definition) is 2. The Morgan fingerprint density at radius 2 is 2.08 bits per heavy atom. The summed E-state index contributed by atoms with van der Waals surface area (Å²) >= 11 is 0. The standard InChI is InChI=1S/C18H16FN3O2/c1-24-17-9-12(2-5-15(17)19)16(10-23)22-13-3-4-14-11(8-13)6-7-21-18(14)20/h2-10,16,22H,1H3,(H2,20,21). The van der Waals surface area contributed by atoms with Gasteiger partial charge in [-0.1, -0.05) is 6.07 Å². The number of nitrogen functional groups attached to an aromatic ring is 1. The number of hydrogen-bond acceptors (Lipinski definition) is 5. The summed E-state index contributed by atoms with van der Waals surface area (Å²) in [5.41, 5.74) is 7.19. The molecule has 0 aliphatic carbocycles. The Labute approximate surface area is 138 Å². The highest BCUT2D eigenvalue weighted by Gasteiger charge is 2.14. The lowest BCUT2D eigenvalue weighted by Gasteiger charge is -2.16. The van der Waals surface area contributed by atoms with E-state index in [0.29, 0.717) is 11.4 Å². The van der Waals surface area contributed by atoms with Crippen molar-refractivity contribution in [2.45, 2.75) is 6.04 Å². The lowest BCUT2D eigenvalue weighted by molar-refractivity contribution is -0.108. The predicted molar refractivity (Wildman–Crippen MR) is 91.5 cm³/mol. The molecule has 0 saturated carbocycles. The number of nitrogens with two attached hydrogens (primary N) is 1. The second-order valence-corrected chi connectivity index (χ2v) is 5.28. The summed E-state index contributed by atoms with van der Waals surface area (Å²) in [6.07, 6.45) is 2.39. The molecule has 122 valence electrons. The van der Waals surface area contributed by atoms with Gasteiger partial charge in [-0.15, -0.1) is 0 Å². The van der Waals surface area contributed by atoms with Crippen LogP contribution in [0.2, 0.25) is 0 Å². The number of benzene rings is 2. The molecular weight excluding hydrogens is 309 g/mol. The summed E-state index contributed by atoms with van der Waals surface area (Å²) in [5.74, 6) is 0.0762. The predicted octanol–water partition coefficient (Wildman–Crippen LogP) is 3.32. The summed E-state index contributed by atoms with van der Waals surface area (Å²) < 4.78 is 18.5. The van der Waals surface area contributed by atoms with Crippen molar-refractivity contribution in [3.63, 3.8) is 0 Å². The maximum Gasteiger partial charge on any atom is 0.165 e. The zero-order valence-corrected chi connectivity index (χ0v) is 13.0. The van der Waals surface area contributed by atoms with E-state index in [1.54, 1.807) is 12.3 Å². The molecule has 2 aromatic carbocycles. The summed E-state index contributed by atoms with van der Waals surface area (Å²) in [5, 5.41) is 4.87. The lowest BCUT2D eigenvalue weighted by Crippen LogP contribution is -2.12. The average Bonchev–Trinajstić information content (AvgIpc) is 2.60. The number of anilines is 2. The number of halogens is 1. The third kappa shape index (κ3) is 2.99. The van der Waals surface area contributed by atoms with Crippen LogP contribution in [0.3, 0.4) is 0 Å². The van der Waals surface area contributed by atoms with Crippen molar-refractivity contribution in [1.82, 2.24) is 4.98 Å². The van der Waals surface area contributed by atoms with Gasteiger partial charge in [0.25, 0.3) is 0 Å². The van der Waals surface area contributed by atoms with Gasteiger partial charge in [0, 0.05) is 17.3 Å². The quantitative estimate of drug-likeness (QED) is 0.704. The van der Waals surface area contributed by atoms with E-state index in [-0.39, 0.29) is 5.75 Å². The average molecular weight is 325 g/mol. The van der Waals surface area contributed by atoms with E-state index in [2.05, 4.69) is 10.3 Å². The number of carbonyl (C=O) groups excluding carboxylic acids is 1. The number of aldehydes is 1. The van der Waals surface area contributed by atoms with Crippen molar-refractivity contribution in [2.24, 2.45) is 0 Å². The molecule has 0 spiro atoms. The van der Waals surface area contributed by atoms with Gasteiger partial charge in [0.2, 0.25) is 0 Å². The van der Waals surface area contributed by atoms with Crippen LogP contribution in [0.1, 0.15) is 11.6 Å². The van der Waals surface area contributed by atoms with Gasteiger partial charge in [-0.3, -0.25) is 0 Å². The van der Waals surface area contributed by atoms with Crippen molar-refractivity contribution in [1.29, 1.82) is 0 Å². The molecule has 0 radical (unpaired) electrons. The summed E-state index contributed by atoms with van der Waals surface area (Å²) in [7, 11) is 1.38. The molecule has 3 N–H and O–H groups in total. The van der Waals surface area contributed by atoms with Gasteiger partial charge in [-0.2, -0.15) is 0 Å². The van der Waals surface area contributed by atoms with Crippen LogP contribution >= 0.6 is 0 Å². The molecule has 1 aromatic heterocycles. The minimum Gasteiger partial charge on any atom is -0.494 e. The molecule has 6 heteroatoms. The number of methoxy groups -OCH3 is 1. The highest BCUT2D eigenvalue weighted by Crippen LogP contribution is 2.27. The number of carbonyl (C=O) groups is 1. The molecule has 1 atom stereocenters. The van der Waals surface area contributed by atoms with Crippen LogP contribution in [0.15, 0.2) is 48.7 Å². The van der Waals surface area contributed by atoms with E-state index < -0.39 is 11.9 Å². The topological polar surface area (TPSA) is 77.2 Å². The van der Waals surface area contributed by atoms with Gasteiger partial charge >= 0.3 is 0 Å². The molecule has 0 amide bonds. The molecule has 0 bridgehead atoms. The summed E-state index contributed by atoms with van der Waals surface area (Å²) in [4.78, 5) is 15.5. The van der Waals surface area contributed by atoms with Gasteiger partial charge in [-0.05, 0) is 47.3 Å². The number of fused-ring (bicyclic) bond motifs is 1. The van der Waals surface area contributed by atoms with Gasteiger partial charge < -0.3 is 20.6 Å². The first kappa shape index (κ1) is 15.7. The van der Waals surface area contributed by atoms with Crippen molar-refractivity contribution >= 4 is 28.6 Å². The Bertz CT molecular complexity index is 899. The zero-order valence-electron chi connectivity index (χ0n) is 13.0. The molecule has 3 rings (SSSR count). The highest BCUT2D eigenvalue weighted by atomic mass is 19.1. The van der Waals surface area contributed by atoms with Gasteiger partial charge in [0.1, 0.15) is 18.1 Å². The Morgan fingerprint density at radius 1 is 1.25 bits per heavy atom. The van der Waals surface area contributed by atoms with Crippen LogP contribution in [-0.2, 0) is 4.79 Å². The summed E-state index contributed by atoms with van der Waals surface area (Å²) in [6, 6.07) is 11.1. The molecule has 1 unspecified atom stereocenters. The SMILES string of the molecule is COc1cc(C(C=O)Nc2ccc3c(N)nccc3c2)ccc1F. The number of nitrogens with zero attached hydrogens (tertiary/aromatic N) is 1. The third-order valence-corrected chi connectivity index (χ3v) is 3.79. The number of nitrogens with one attached hydrogen (secondary N) is 1. The van der Waals surface area contributed by atoms with Gasteiger partial charge in [0.05, 0.1) is 7.11 Å². The Hall–Kier alpha value is -3.15. The van der Waals surface area contributed by atoms with E-state index in [4.69, 9.17) is 10.5 Å². The molecule has 0 saturated heterocycles. The first-order valence-electron chi connectivity index (χ1n) is 7.32. The molecule has 0 fully saturated rings. The van der Waals surface area contributed by atoms with Crippen molar-refractivity contribution in [3.8, 4) is 5.75 Å². The third-order valence-electron chi connectivity index (χ3n) is 3.79. The van der Waals surface area contributed by atoms with E-state index in [9.17, 15) is 9.18 Å². The number of rotatable bonds is 5. The summed E-state index contributed by atoms with van der Waals surface area (Å²) in [6.45, 7) is 0. The van der Waals surface area contributed by atoms with Crippen molar-refractivity contribution in [2.75, 3.05) is 18.2 Å². The van der Waals surface area contributed by atoms with Crippen LogP contribution in [0.4, 0.5) is 15.9 Å². The smallest absolute Gasteiger partial charge is 0.165 e. The van der Waals surface area contributed by atoms with E-state index in [0.717, 1.165) is 22.7 Å². The van der Waals surface area contributed by atoms with Crippen molar-refractivity contribution < 1.29 is 13.9 Å². The molecule has 24 heavy (non-hydrogen) atoms. The lowest BCUT2D eigenvalue weighted by atomic mass is 10.1. The fourth-order valence-corrected chi connectivity index (χ4v) is 2.54. The molecule has 1 heterocycles. The Morgan fingerprint density at radius 3 is 2.83 bits per heavy atom. The van der Waals surface area contributed by atoms with Crippen LogP contribution in [0, 0.1) is 5.82 Å². The fraction of sp³-hybridized carbons (Fsp3) is 0.111. The number of aromatic nitrogens is 1. The van der Waals surface area contributed by atoms with Crippen LogP contribution in [-0.4, -0.2) is 18.4 Å². The maximum absolute atomic E-state index is 13.5. The monoisotopic (exact) mass is 325 g/mol. The minimum atomic E-state index is -0.629. The Balaban J connectivity index is 1.92.